The third-order valence-electron chi connectivity index (χ3n) is 0.979. The first kappa shape index (κ1) is 15.6. The second-order valence-corrected chi connectivity index (χ2v) is 2.65. The molecular weight excluding hydrogens is 190 g/mol. The summed E-state index contributed by atoms with van der Waals surface area (Å²) in [5.41, 5.74) is 0. The van der Waals surface area contributed by atoms with Gasteiger partial charge < -0.3 is 9.53 Å². The van der Waals surface area contributed by atoms with Crippen LogP contribution < -0.4 is 4.74 Å². The Hall–Kier alpha value is -1.82. The second kappa shape index (κ2) is 12.2. The van der Waals surface area contributed by atoms with Crippen LogP contribution in [0.2, 0.25) is 0 Å². The van der Waals surface area contributed by atoms with Gasteiger partial charge in [-0.25, -0.2) is 0 Å². The molecule has 0 aliphatic carbocycles. The fourth-order valence-corrected chi connectivity index (χ4v) is 0.557. The molecule has 15 heavy (non-hydrogen) atoms. The van der Waals surface area contributed by atoms with Crippen LogP contribution in [0.25, 0.3) is 0 Å². The molecule has 0 atom stereocenters. The minimum absolute atomic E-state index is 0.167. The molecule has 82 valence electrons. The van der Waals surface area contributed by atoms with Gasteiger partial charge in [-0.2, -0.15) is 5.26 Å². The minimum Gasteiger partial charge on any atom is -0.497 e. The zero-order chi connectivity index (χ0) is 12.1. The van der Waals surface area contributed by atoms with Crippen molar-refractivity contribution in [3.63, 3.8) is 0 Å². The number of nitrogens with zero attached hydrogens (tertiary/aromatic N) is 1. The van der Waals surface area contributed by atoms with Crippen LogP contribution in [0.1, 0.15) is 20.8 Å². The van der Waals surface area contributed by atoms with E-state index in [1.165, 1.54) is 20.8 Å². The Morgan fingerprint density at radius 1 is 1.27 bits per heavy atom. The molecule has 0 N–H and O–H groups in total. The molecular formula is C12H17NO2. The van der Waals surface area contributed by atoms with Crippen molar-refractivity contribution in [1.29, 1.82) is 5.26 Å². The van der Waals surface area contributed by atoms with E-state index in [9.17, 15) is 4.79 Å². The molecule has 0 saturated heterocycles. The van der Waals surface area contributed by atoms with Crippen LogP contribution in [0.4, 0.5) is 0 Å². The Labute approximate surface area is 91.3 Å². The first-order chi connectivity index (χ1) is 7.08. The van der Waals surface area contributed by atoms with E-state index in [0.29, 0.717) is 0 Å². The molecule has 0 aliphatic heterocycles. The van der Waals surface area contributed by atoms with E-state index in [1.807, 2.05) is 30.3 Å². The van der Waals surface area contributed by atoms with E-state index in [4.69, 9.17) is 10.00 Å². The molecule has 0 heterocycles. The highest BCUT2D eigenvalue weighted by atomic mass is 16.5. The summed E-state index contributed by atoms with van der Waals surface area (Å²) < 4.78 is 4.91. The lowest BCUT2D eigenvalue weighted by Crippen LogP contribution is -1.78. The lowest BCUT2D eigenvalue weighted by molar-refractivity contribution is -0.114. The number of carbonyl (C=O) groups excluding carboxylic acids is 1. The van der Waals surface area contributed by atoms with E-state index in [2.05, 4.69) is 0 Å². The smallest absolute Gasteiger partial charge is 0.126 e. The van der Waals surface area contributed by atoms with Crippen LogP contribution >= 0.6 is 0 Å². The van der Waals surface area contributed by atoms with Gasteiger partial charge in [0.1, 0.15) is 11.5 Å². The van der Waals surface area contributed by atoms with Crippen LogP contribution in [0.3, 0.4) is 0 Å². The number of hydrogen-bond donors (Lipinski definition) is 0. The van der Waals surface area contributed by atoms with Crippen molar-refractivity contribution in [3.8, 4) is 11.8 Å². The third kappa shape index (κ3) is 18.9. The van der Waals surface area contributed by atoms with Gasteiger partial charge in [0, 0.05) is 6.92 Å². The molecule has 0 aliphatic rings. The van der Waals surface area contributed by atoms with Crippen LogP contribution in [0.15, 0.2) is 30.3 Å². The lowest BCUT2D eigenvalue weighted by atomic mass is 10.3. The summed E-state index contributed by atoms with van der Waals surface area (Å²) in [7, 11) is 1.66. The number of hydrogen-bond acceptors (Lipinski definition) is 3. The van der Waals surface area contributed by atoms with Crippen LogP contribution in [0.5, 0.6) is 5.75 Å². The molecule has 0 saturated carbocycles. The molecule has 0 unspecified atom stereocenters. The van der Waals surface area contributed by atoms with Crippen molar-refractivity contribution in [2.75, 3.05) is 7.11 Å². The molecule has 0 aromatic heterocycles. The lowest BCUT2D eigenvalue weighted by Gasteiger charge is -1.93. The van der Waals surface area contributed by atoms with Crippen molar-refractivity contribution in [2.24, 2.45) is 0 Å². The summed E-state index contributed by atoms with van der Waals surface area (Å²) in [5, 5.41) is 7.32. The minimum atomic E-state index is 0.167. The van der Waals surface area contributed by atoms with Gasteiger partial charge in [-0.15, -0.1) is 0 Å². The Kier molecular flexibility index (Phi) is 12.7. The number of ether oxygens (including phenoxy) is 1. The third-order valence-corrected chi connectivity index (χ3v) is 0.979. The highest BCUT2D eigenvalue weighted by molar-refractivity contribution is 5.72. The zero-order valence-corrected chi connectivity index (χ0v) is 9.65. The van der Waals surface area contributed by atoms with Gasteiger partial charge in [0.25, 0.3) is 0 Å². The maximum Gasteiger partial charge on any atom is 0.126 e. The summed E-state index contributed by atoms with van der Waals surface area (Å²) >= 11 is 0. The van der Waals surface area contributed by atoms with Gasteiger partial charge in [-0.05, 0) is 26.0 Å². The normalized spacial score (nSPS) is 6.87. The summed E-state index contributed by atoms with van der Waals surface area (Å²) in [6, 6.07) is 11.4. The summed E-state index contributed by atoms with van der Waals surface area (Å²) in [4.78, 5) is 9.44. The number of ketones is 1. The molecule has 3 nitrogen and oxygen atoms in total. The van der Waals surface area contributed by atoms with E-state index >= 15 is 0 Å². The first-order valence-electron chi connectivity index (χ1n) is 4.45. The predicted octanol–water partition coefficient (Wildman–Crippen LogP) is 2.82. The monoisotopic (exact) mass is 207 g/mol. The van der Waals surface area contributed by atoms with E-state index in [0.717, 1.165) is 5.75 Å². The first-order valence-corrected chi connectivity index (χ1v) is 4.45. The molecule has 1 aromatic rings. The number of carbonyl (C=O) groups is 1. The molecule has 0 spiro atoms. The van der Waals surface area contributed by atoms with Crippen molar-refractivity contribution in [2.45, 2.75) is 20.8 Å². The maximum atomic E-state index is 9.44. The molecule has 1 rings (SSSR count). The quantitative estimate of drug-likeness (QED) is 0.711. The van der Waals surface area contributed by atoms with Gasteiger partial charge in [-0.3, -0.25) is 0 Å². The molecule has 0 fully saturated rings. The molecule has 1 aromatic carbocycles. The standard InChI is InChI=1S/C7H8O.C3H6O.C2H3N/c1-8-7-5-3-2-4-6-7;1-3(2)4;1-2-3/h2-6H,1H3;1-2H3;1H3. The average Bonchev–Trinajstić information content (AvgIpc) is 2.19. The molecule has 0 radical (unpaired) electrons. The average molecular weight is 207 g/mol. The van der Waals surface area contributed by atoms with E-state index < -0.39 is 0 Å². The number of Topliss-reactive ketones (excluding diaryl/α,β-unsaturated/α-hetero) is 1. The van der Waals surface area contributed by atoms with Crippen molar-refractivity contribution in [1.82, 2.24) is 0 Å². The summed E-state index contributed by atoms with van der Waals surface area (Å²) in [6.45, 7) is 4.49. The predicted molar refractivity (Wildman–Crippen MR) is 60.6 cm³/mol. The van der Waals surface area contributed by atoms with Gasteiger partial charge in [0.2, 0.25) is 0 Å². The van der Waals surface area contributed by atoms with Gasteiger partial charge in [-0.1, -0.05) is 18.2 Å². The Bertz CT molecular complexity index is 284. The van der Waals surface area contributed by atoms with Crippen molar-refractivity contribution < 1.29 is 9.53 Å². The number of benzene rings is 1. The SMILES string of the molecule is CC#N.CC(C)=O.COc1ccccc1. The zero-order valence-electron chi connectivity index (χ0n) is 9.65. The molecule has 3 heteroatoms. The van der Waals surface area contributed by atoms with Crippen LogP contribution in [-0.4, -0.2) is 12.9 Å². The Balaban J connectivity index is 0. The number of para-hydroxylation sites is 1. The van der Waals surface area contributed by atoms with Gasteiger partial charge in [0.05, 0.1) is 13.2 Å². The summed E-state index contributed by atoms with van der Waals surface area (Å²) in [6.07, 6.45) is 0. The fourth-order valence-electron chi connectivity index (χ4n) is 0.557. The number of methoxy groups -OCH3 is 1. The van der Waals surface area contributed by atoms with Crippen LogP contribution in [0, 0.1) is 11.3 Å². The fraction of sp³-hybridized carbons (Fsp3) is 0.333. The Morgan fingerprint density at radius 3 is 1.80 bits per heavy atom. The second-order valence-electron chi connectivity index (χ2n) is 2.65. The van der Waals surface area contributed by atoms with Crippen LogP contribution in [-0.2, 0) is 4.79 Å². The van der Waals surface area contributed by atoms with Gasteiger partial charge in [0.15, 0.2) is 0 Å². The number of rotatable bonds is 1. The molecule has 0 bridgehead atoms. The summed E-state index contributed by atoms with van der Waals surface area (Å²) in [5.74, 6) is 1.08. The van der Waals surface area contributed by atoms with Crippen molar-refractivity contribution >= 4 is 5.78 Å². The van der Waals surface area contributed by atoms with Gasteiger partial charge >= 0.3 is 0 Å². The van der Waals surface area contributed by atoms with Crippen molar-refractivity contribution in [3.05, 3.63) is 30.3 Å². The Morgan fingerprint density at radius 2 is 1.60 bits per heavy atom. The largest absolute Gasteiger partial charge is 0.497 e. The van der Waals surface area contributed by atoms with E-state index in [1.54, 1.807) is 13.2 Å². The number of nitriles is 1. The topological polar surface area (TPSA) is 50.1 Å². The van der Waals surface area contributed by atoms with E-state index in [-0.39, 0.29) is 5.78 Å². The maximum absolute atomic E-state index is 9.44. The highest BCUT2D eigenvalue weighted by Crippen LogP contribution is 2.05. The molecule has 0 amide bonds. The highest BCUT2D eigenvalue weighted by Gasteiger charge is 1.80.